The molecule has 0 aromatic carbocycles. The summed E-state index contributed by atoms with van der Waals surface area (Å²) in [7, 11) is 0. The van der Waals surface area contributed by atoms with Gasteiger partial charge in [0.15, 0.2) is 5.96 Å². The lowest BCUT2D eigenvalue weighted by molar-refractivity contribution is 0.00867. The zero-order chi connectivity index (χ0) is 21.2. The van der Waals surface area contributed by atoms with Gasteiger partial charge < -0.3 is 15.4 Å². The van der Waals surface area contributed by atoms with Crippen molar-refractivity contribution in [3.63, 3.8) is 0 Å². The number of thiophene rings is 1. The molecule has 6 nitrogen and oxygen atoms in total. The van der Waals surface area contributed by atoms with Gasteiger partial charge >= 0.3 is 0 Å². The van der Waals surface area contributed by atoms with Gasteiger partial charge in [-0.3, -0.25) is 14.8 Å². The van der Waals surface area contributed by atoms with Crippen LogP contribution in [0.3, 0.4) is 0 Å². The molecule has 1 atom stereocenters. The molecule has 2 saturated heterocycles. The highest BCUT2D eigenvalue weighted by atomic mass is 32.1. The highest BCUT2D eigenvalue weighted by Crippen LogP contribution is 2.20. The van der Waals surface area contributed by atoms with Crippen LogP contribution >= 0.6 is 11.3 Å². The van der Waals surface area contributed by atoms with Crippen LogP contribution in [-0.2, 0) is 11.3 Å². The van der Waals surface area contributed by atoms with E-state index in [1.165, 1.54) is 30.8 Å². The number of nitrogens with zero attached hydrogens (tertiary/aromatic N) is 3. The van der Waals surface area contributed by atoms with Crippen LogP contribution in [0.2, 0.25) is 0 Å². The molecule has 2 fully saturated rings. The van der Waals surface area contributed by atoms with Crippen LogP contribution in [0.1, 0.15) is 38.5 Å². The maximum atomic E-state index is 5.53. The lowest BCUT2D eigenvalue weighted by Crippen LogP contribution is -2.48. The molecule has 3 rings (SSSR count). The molecule has 1 aromatic heterocycles. The van der Waals surface area contributed by atoms with Gasteiger partial charge in [0, 0.05) is 43.6 Å². The third-order valence-corrected chi connectivity index (χ3v) is 7.15. The minimum absolute atomic E-state index is 0.477. The van der Waals surface area contributed by atoms with Crippen molar-refractivity contribution in [2.75, 3.05) is 59.0 Å². The van der Waals surface area contributed by atoms with Crippen LogP contribution in [-0.4, -0.2) is 80.8 Å². The van der Waals surface area contributed by atoms with E-state index >= 15 is 0 Å². The molecule has 2 aliphatic rings. The number of hydrogen-bond acceptors (Lipinski definition) is 5. The van der Waals surface area contributed by atoms with E-state index in [1.54, 1.807) is 0 Å². The summed E-state index contributed by atoms with van der Waals surface area (Å²) in [5.74, 6) is 2.29. The zero-order valence-corrected chi connectivity index (χ0v) is 19.9. The predicted molar refractivity (Wildman–Crippen MR) is 127 cm³/mol. The van der Waals surface area contributed by atoms with Crippen molar-refractivity contribution in [3.8, 4) is 0 Å². The molecule has 7 heteroatoms. The number of likely N-dealkylation sites (tertiary alicyclic amines) is 1. The van der Waals surface area contributed by atoms with E-state index in [9.17, 15) is 0 Å². The van der Waals surface area contributed by atoms with E-state index < -0.39 is 0 Å². The first-order chi connectivity index (χ1) is 14.7. The summed E-state index contributed by atoms with van der Waals surface area (Å²) in [5.41, 5.74) is 0. The Labute approximate surface area is 187 Å². The lowest BCUT2D eigenvalue weighted by atomic mass is 9.97. The Kier molecular flexibility index (Phi) is 9.91. The fourth-order valence-corrected chi connectivity index (χ4v) is 5.14. The second-order valence-corrected chi connectivity index (χ2v) is 9.89. The number of guanidine groups is 1. The van der Waals surface area contributed by atoms with Crippen molar-refractivity contribution in [1.82, 2.24) is 20.4 Å². The van der Waals surface area contributed by atoms with Gasteiger partial charge in [0.05, 0.1) is 19.8 Å². The monoisotopic (exact) mass is 435 g/mol. The molecule has 0 spiro atoms. The van der Waals surface area contributed by atoms with Crippen molar-refractivity contribution in [1.29, 1.82) is 0 Å². The number of morpholine rings is 1. The average Bonchev–Trinajstić information content (AvgIpc) is 3.27. The van der Waals surface area contributed by atoms with Crippen LogP contribution < -0.4 is 10.6 Å². The molecule has 2 aliphatic heterocycles. The van der Waals surface area contributed by atoms with Gasteiger partial charge in [0.1, 0.15) is 0 Å². The van der Waals surface area contributed by atoms with Gasteiger partial charge in [-0.1, -0.05) is 19.9 Å². The van der Waals surface area contributed by atoms with Crippen LogP contribution in [0.5, 0.6) is 0 Å². The highest BCUT2D eigenvalue weighted by Gasteiger charge is 2.24. The van der Waals surface area contributed by atoms with E-state index in [0.29, 0.717) is 12.0 Å². The summed E-state index contributed by atoms with van der Waals surface area (Å²) in [6.45, 7) is 16.7. The minimum atomic E-state index is 0.477. The second-order valence-electron chi connectivity index (χ2n) is 8.86. The largest absolute Gasteiger partial charge is 0.379 e. The normalized spacial score (nSPS) is 21.1. The van der Waals surface area contributed by atoms with Gasteiger partial charge in [-0.15, -0.1) is 11.3 Å². The van der Waals surface area contributed by atoms with Crippen LogP contribution in [0.15, 0.2) is 22.5 Å². The van der Waals surface area contributed by atoms with E-state index in [0.717, 1.165) is 64.4 Å². The fourth-order valence-electron chi connectivity index (χ4n) is 4.40. The smallest absolute Gasteiger partial charge is 0.191 e. The van der Waals surface area contributed by atoms with Crippen molar-refractivity contribution >= 4 is 17.3 Å². The fraction of sp³-hybridized carbons (Fsp3) is 0.783. The third kappa shape index (κ3) is 7.52. The SMILES string of the molecule is CCNC(=NCC(C(C)C)N1CCOCC1)NCC1CCN(Cc2cccs2)CC1. The number of nitrogens with one attached hydrogen (secondary N) is 2. The summed E-state index contributed by atoms with van der Waals surface area (Å²) >= 11 is 1.87. The maximum Gasteiger partial charge on any atom is 0.191 e. The number of aliphatic imine (C=N–C) groups is 1. The molecule has 1 aromatic rings. The molecule has 0 bridgehead atoms. The first kappa shape index (κ1) is 23.5. The van der Waals surface area contributed by atoms with Crippen LogP contribution in [0.25, 0.3) is 0 Å². The van der Waals surface area contributed by atoms with Crippen LogP contribution in [0.4, 0.5) is 0 Å². The Morgan fingerprint density at radius 2 is 1.97 bits per heavy atom. The number of piperidine rings is 1. The summed E-state index contributed by atoms with van der Waals surface area (Å²) < 4.78 is 5.53. The van der Waals surface area contributed by atoms with Gasteiger partial charge in [-0.2, -0.15) is 0 Å². The molecule has 170 valence electrons. The molecule has 0 saturated carbocycles. The van der Waals surface area contributed by atoms with E-state index in [2.05, 4.69) is 58.7 Å². The Balaban J connectivity index is 1.44. The molecule has 1 unspecified atom stereocenters. The van der Waals surface area contributed by atoms with Crippen molar-refractivity contribution in [2.24, 2.45) is 16.8 Å². The molecule has 3 heterocycles. The zero-order valence-electron chi connectivity index (χ0n) is 19.1. The molecule has 0 aliphatic carbocycles. The average molecular weight is 436 g/mol. The first-order valence-corrected chi connectivity index (χ1v) is 12.6. The summed E-state index contributed by atoms with van der Waals surface area (Å²) in [4.78, 5) is 11.6. The molecular formula is C23H41N5OS. The molecule has 2 N–H and O–H groups in total. The second kappa shape index (κ2) is 12.6. The summed E-state index contributed by atoms with van der Waals surface area (Å²) in [6.07, 6.45) is 2.53. The summed E-state index contributed by atoms with van der Waals surface area (Å²) in [5, 5.41) is 9.25. The molecular weight excluding hydrogens is 394 g/mol. The predicted octanol–water partition coefficient (Wildman–Crippen LogP) is 2.87. The Morgan fingerprint density at radius 1 is 1.20 bits per heavy atom. The van der Waals surface area contributed by atoms with E-state index in [4.69, 9.17) is 9.73 Å². The van der Waals surface area contributed by atoms with Gasteiger partial charge in [0.2, 0.25) is 0 Å². The topological polar surface area (TPSA) is 52.1 Å². The first-order valence-electron chi connectivity index (χ1n) is 11.7. The maximum absolute atomic E-state index is 5.53. The van der Waals surface area contributed by atoms with Gasteiger partial charge in [-0.05, 0) is 56.1 Å². The number of rotatable bonds is 9. The molecule has 0 radical (unpaired) electrons. The van der Waals surface area contributed by atoms with Crippen molar-refractivity contribution < 1.29 is 4.74 Å². The quantitative estimate of drug-likeness (QED) is 0.461. The van der Waals surface area contributed by atoms with Crippen LogP contribution in [0, 0.1) is 11.8 Å². The van der Waals surface area contributed by atoms with Gasteiger partial charge in [0.25, 0.3) is 0 Å². The van der Waals surface area contributed by atoms with Crippen molar-refractivity contribution in [2.45, 2.75) is 46.2 Å². The Hall–Kier alpha value is -1.15. The van der Waals surface area contributed by atoms with E-state index in [1.807, 2.05) is 11.3 Å². The number of ether oxygens (including phenoxy) is 1. The highest BCUT2D eigenvalue weighted by molar-refractivity contribution is 7.09. The number of hydrogen-bond donors (Lipinski definition) is 2. The van der Waals surface area contributed by atoms with Crippen molar-refractivity contribution in [3.05, 3.63) is 22.4 Å². The summed E-state index contributed by atoms with van der Waals surface area (Å²) in [6, 6.07) is 4.88. The van der Waals surface area contributed by atoms with Gasteiger partial charge in [-0.25, -0.2) is 0 Å². The lowest BCUT2D eigenvalue weighted by Gasteiger charge is -2.36. The molecule has 30 heavy (non-hydrogen) atoms. The van der Waals surface area contributed by atoms with E-state index in [-0.39, 0.29) is 0 Å². The molecule has 0 amide bonds. The minimum Gasteiger partial charge on any atom is -0.379 e. The third-order valence-electron chi connectivity index (χ3n) is 6.29. The standard InChI is InChI=1S/C23H41N5OS/c1-4-24-23(26-17-22(19(2)3)28-11-13-29-14-12-28)25-16-20-7-9-27(10-8-20)18-21-6-5-15-30-21/h5-6,15,19-20,22H,4,7-14,16-18H2,1-3H3,(H2,24,25,26). The Bertz CT molecular complexity index is 607. The Morgan fingerprint density at radius 3 is 2.60 bits per heavy atom.